The smallest absolute Gasteiger partial charge is 0.0165 e. The molecule has 0 amide bonds. The highest BCUT2D eigenvalue weighted by atomic mass is 127. The van der Waals surface area contributed by atoms with Gasteiger partial charge < -0.3 is 5.73 Å². The Morgan fingerprint density at radius 3 is 2.71 bits per heavy atom. The van der Waals surface area contributed by atoms with E-state index in [0.717, 1.165) is 0 Å². The summed E-state index contributed by atoms with van der Waals surface area (Å²) < 4.78 is 1.39. The Labute approximate surface area is 99.2 Å². The van der Waals surface area contributed by atoms with Gasteiger partial charge in [-0.1, -0.05) is 24.6 Å². The Kier molecular flexibility index (Phi) is 3.44. The van der Waals surface area contributed by atoms with Crippen LogP contribution in [0.4, 0.5) is 0 Å². The van der Waals surface area contributed by atoms with Crippen LogP contribution >= 0.6 is 22.6 Å². The van der Waals surface area contributed by atoms with Gasteiger partial charge in [0.25, 0.3) is 0 Å². The third-order valence-corrected chi connectivity index (χ3v) is 4.04. The Bertz CT molecular complexity index is 311. The zero-order valence-corrected chi connectivity index (χ0v) is 10.4. The normalized spacial score (nSPS) is 27.6. The molecule has 0 aromatic heterocycles. The van der Waals surface area contributed by atoms with E-state index >= 15 is 0 Å². The molecule has 2 heteroatoms. The van der Waals surface area contributed by atoms with Gasteiger partial charge in [0.1, 0.15) is 0 Å². The lowest BCUT2D eigenvalue weighted by Crippen LogP contribution is -2.27. The van der Waals surface area contributed by atoms with Crippen LogP contribution in [-0.4, -0.2) is 6.04 Å². The SMILES string of the molecule is NC1CCCC(c2ccccc2I)C1. The molecule has 1 aromatic carbocycles. The first-order chi connectivity index (χ1) is 6.77. The second-order valence-corrected chi connectivity index (χ2v) is 5.31. The van der Waals surface area contributed by atoms with Gasteiger partial charge in [0.05, 0.1) is 0 Å². The predicted molar refractivity (Wildman–Crippen MR) is 68.3 cm³/mol. The Morgan fingerprint density at radius 2 is 2.00 bits per heavy atom. The fraction of sp³-hybridized carbons (Fsp3) is 0.500. The number of rotatable bonds is 1. The average molecular weight is 301 g/mol. The molecular weight excluding hydrogens is 285 g/mol. The summed E-state index contributed by atoms with van der Waals surface area (Å²) in [5.74, 6) is 0.701. The van der Waals surface area contributed by atoms with Crippen molar-refractivity contribution in [3.8, 4) is 0 Å². The molecule has 2 N–H and O–H groups in total. The van der Waals surface area contributed by atoms with Crippen molar-refractivity contribution in [2.24, 2.45) is 5.73 Å². The van der Waals surface area contributed by atoms with E-state index in [0.29, 0.717) is 12.0 Å². The third-order valence-electron chi connectivity index (χ3n) is 3.06. The van der Waals surface area contributed by atoms with Crippen molar-refractivity contribution in [1.29, 1.82) is 0 Å². The summed E-state index contributed by atoms with van der Waals surface area (Å²) in [5, 5.41) is 0. The maximum absolute atomic E-state index is 6.01. The molecule has 0 heterocycles. The van der Waals surface area contributed by atoms with E-state index in [1.165, 1.54) is 34.8 Å². The van der Waals surface area contributed by atoms with Gasteiger partial charge in [-0.15, -0.1) is 0 Å². The predicted octanol–water partition coefficient (Wildman–Crippen LogP) is 3.28. The Balaban J connectivity index is 2.18. The van der Waals surface area contributed by atoms with Crippen molar-refractivity contribution < 1.29 is 0 Å². The molecule has 14 heavy (non-hydrogen) atoms. The molecule has 0 aliphatic heterocycles. The molecule has 0 bridgehead atoms. The molecule has 1 fully saturated rings. The van der Waals surface area contributed by atoms with E-state index in [1.807, 2.05) is 0 Å². The monoisotopic (exact) mass is 301 g/mol. The summed E-state index contributed by atoms with van der Waals surface area (Å²) in [6.07, 6.45) is 4.98. The van der Waals surface area contributed by atoms with Crippen molar-refractivity contribution in [3.05, 3.63) is 33.4 Å². The summed E-state index contributed by atoms with van der Waals surface area (Å²) in [7, 11) is 0. The number of hydrogen-bond acceptors (Lipinski definition) is 1. The average Bonchev–Trinajstić information content (AvgIpc) is 2.18. The van der Waals surface area contributed by atoms with Crippen molar-refractivity contribution in [2.45, 2.75) is 37.6 Å². The lowest BCUT2D eigenvalue weighted by atomic mass is 9.82. The van der Waals surface area contributed by atoms with Crippen molar-refractivity contribution >= 4 is 22.6 Å². The fourth-order valence-corrected chi connectivity index (χ4v) is 3.14. The molecule has 0 radical (unpaired) electrons. The van der Waals surface area contributed by atoms with Crippen LogP contribution in [-0.2, 0) is 0 Å². The minimum absolute atomic E-state index is 0.421. The second kappa shape index (κ2) is 4.62. The van der Waals surface area contributed by atoms with Gasteiger partial charge in [0.15, 0.2) is 0 Å². The van der Waals surface area contributed by atoms with Crippen LogP contribution < -0.4 is 5.73 Å². The highest BCUT2D eigenvalue weighted by Gasteiger charge is 2.21. The van der Waals surface area contributed by atoms with Gasteiger partial charge in [0.2, 0.25) is 0 Å². The molecule has 0 saturated heterocycles. The highest BCUT2D eigenvalue weighted by Crippen LogP contribution is 2.34. The topological polar surface area (TPSA) is 26.0 Å². The van der Waals surface area contributed by atoms with Gasteiger partial charge in [-0.05, 0) is 59.4 Å². The first kappa shape index (κ1) is 10.4. The summed E-state index contributed by atoms with van der Waals surface area (Å²) >= 11 is 2.43. The summed E-state index contributed by atoms with van der Waals surface area (Å²) in [5.41, 5.74) is 7.51. The van der Waals surface area contributed by atoms with Gasteiger partial charge >= 0.3 is 0 Å². The fourth-order valence-electron chi connectivity index (χ4n) is 2.32. The van der Waals surface area contributed by atoms with E-state index in [1.54, 1.807) is 0 Å². The van der Waals surface area contributed by atoms with Gasteiger partial charge in [-0.3, -0.25) is 0 Å². The van der Waals surface area contributed by atoms with E-state index in [9.17, 15) is 0 Å². The largest absolute Gasteiger partial charge is 0.328 e. The molecule has 2 atom stereocenters. The molecule has 1 aliphatic rings. The van der Waals surface area contributed by atoms with Crippen LogP contribution in [0.15, 0.2) is 24.3 Å². The highest BCUT2D eigenvalue weighted by molar-refractivity contribution is 14.1. The van der Waals surface area contributed by atoms with E-state index in [2.05, 4.69) is 46.9 Å². The third kappa shape index (κ3) is 2.28. The molecule has 1 saturated carbocycles. The Hall–Kier alpha value is -0.0900. The van der Waals surface area contributed by atoms with Crippen molar-refractivity contribution in [3.63, 3.8) is 0 Å². The van der Waals surface area contributed by atoms with Crippen LogP contribution in [0.2, 0.25) is 0 Å². The van der Waals surface area contributed by atoms with Gasteiger partial charge in [-0.25, -0.2) is 0 Å². The molecule has 1 nitrogen and oxygen atoms in total. The number of nitrogens with two attached hydrogens (primary N) is 1. The molecule has 2 unspecified atom stereocenters. The lowest BCUT2D eigenvalue weighted by molar-refractivity contribution is 0.392. The number of hydrogen-bond donors (Lipinski definition) is 1. The number of benzene rings is 1. The van der Waals surface area contributed by atoms with E-state index < -0.39 is 0 Å². The van der Waals surface area contributed by atoms with Crippen LogP contribution in [0.3, 0.4) is 0 Å². The van der Waals surface area contributed by atoms with Crippen LogP contribution in [0.25, 0.3) is 0 Å². The van der Waals surface area contributed by atoms with Gasteiger partial charge in [0, 0.05) is 9.61 Å². The Morgan fingerprint density at radius 1 is 1.21 bits per heavy atom. The summed E-state index contributed by atoms with van der Waals surface area (Å²) in [4.78, 5) is 0. The zero-order chi connectivity index (χ0) is 9.97. The molecule has 2 rings (SSSR count). The molecule has 1 aromatic rings. The summed E-state index contributed by atoms with van der Waals surface area (Å²) in [6, 6.07) is 9.11. The van der Waals surface area contributed by atoms with Crippen molar-refractivity contribution in [2.75, 3.05) is 0 Å². The molecule has 1 aliphatic carbocycles. The van der Waals surface area contributed by atoms with Gasteiger partial charge in [-0.2, -0.15) is 0 Å². The second-order valence-electron chi connectivity index (χ2n) is 4.15. The lowest BCUT2D eigenvalue weighted by Gasteiger charge is -2.27. The van der Waals surface area contributed by atoms with Crippen LogP contribution in [0, 0.1) is 3.57 Å². The maximum atomic E-state index is 6.01. The molecule has 76 valence electrons. The minimum atomic E-state index is 0.421. The van der Waals surface area contributed by atoms with Crippen molar-refractivity contribution in [1.82, 2.24) is 0 Å². The summed E-state index contributed by atoms with van der Waals surface area (Å²) in [6.45, 7) is 0. The molecule has 0 spiro atoms. The standard InChI is InChI=1S/C12H16IN/c13-12-7-2-1-6-11(12)9-4-3-5-10(14)8-9/h1-2,6-7,9-10H,3-5,8,14H2. The first-order valence-corrected chi connectivity index (χ1v) is 6.35. The van der Waals surface area contributed by atoms with E-state index in [-0.39, 0.29) is 0 Å². The zero-order valence-electron chi connectivity index (χ0n) is 8.25. The minimum Gasteiger partial charge on any atom is -0.328 e. The maximum Gasteiger partial charge on any atom is 0.0165 e. The van der Waals surface area contributed by atoms with Crippen LogP contribution in [0.5, 0.6) is 0 Å². The quantitative estimate of drug-likeness (QED) is 0.792. The first-order valence-electron chi connectivity index (χ1n) is 5.27. The van der Waals surface area contributed by atoms with E-state index in [4.69, 9.17) is 5.73 Å². The number of halogens is 1. The molecular formula is C12H16IN. The van der Waals surface area contributed by atoms with Crippen LogP contribution in [0.1, 0.15) is 37.2 Å².